The molecule has 1 heteroatoms. The average Bonchev–Trinajstić information content (AvgIpc) is 2.51. The third-order valence-corrected chi connectivity index (χ3v) is 20.4. The van der Waals surface area contributed by atoms with Crippen molar-refractivity contribution < 1.29 is 0 Å². The maximum absolute atomic E-state index is 2.49. The molecule has 0 bridgehead atoms. The van der Waals surface area contributed by atoms with Crippen LogP contribution in [0, 0.1) is 0 Å². The molecule has 105 valence electrons. The van der Waals surface area contributed by atoms with Gasteiger partial charge in [0.25, 0.3) is 0 Å². The van der Waals surface area contributed by atoms with Gasteiger partial charge >= 0.3 is 127 Å². The normalized spacial score (nSPS) is 22.8. The van der Waals surface area contributed by atoms with Crippen LogP contribution in [0.25, 0.3) is 0 Å². The molecule has 0 unspecified atom stereocenters. The Morgan fingerprint density at radius 2 is 1.11 bits per heavy atom. The number of hydrogen-bond donors (Lipinski definition) is 0. The molecule has 2 fully saturated rings. The van der Waals surface area contributed by atoms with Gasteiger partial charge in [-0.05, 0) is 0 Å². The maximum atomic E-state index is 2.49. The molecule has 0 amide bonds. The zero-order valence-corrected chi connectivity index (χ0v) is 16.0. The molecule has 0 spiro atoms. The van der Waals surface area contributed by atoms with Gasteiger partial charge in [-0.25, -0.2) is 0 Å². The minimum absolute atomic E-state index is 1.18. The Morgan fingerprint density at radius 1 is 0.632 bits per heavy atom. The molecule has 0 heterocycles. The van der Waals surface area contributed by atoms with E-state index in [0.717, 1.165) is 0 Å². The van der Waals surface area contributed by atoms with E-state index in [4.69, 9.17) is 0 Å². The summed E-state index contributed by atoms with van der Waals surface area (Å²) < 4.78 is 4.22. The van der Waals surface area contributed by atoms with Crippen molar-refractivity contribution in [1.29, 1.82) is 0 Å². The molecule has 19 heavy (non-hydrogen) atoms. The summed E-state index contributed by atoms with van der Waals surface area (Å²) in [4.78, 5) is 0. The molecular weight excluding hydrogens is 425 g/mol. The summed E-state index contributed by atoms with van der Waals surface area (Å²) in [6, 6.07) is 11.8. The van der Waals surface area contributed by atoms with Gasteiger partial charge in [0.2, 0.25) is 0 Å². The fourth-order valence-electron chi connectivity index (χ4n) is 4.26. The van der Waals surface area contributed by atoms with Gasteiger partial charge in [0.1, 0.15) is 0 Å². The van der Waals surface area contributed by atoms with E-state index in [1.165, 1.54) is 45.8 Å². The van der Waals surface area contributed by atoms with Crippen molar-refractivity contribution in [3.05, 3.63) is 30.3 Å². The van der Waals surface area contributed by atoms with Crippen LogP contribution in [0.4, 0.5) is 0 Å². The van der Waals surface area contributed by atoms with E-state index in [2.05, 4.69) is 30.3 Å². The zero-order valence-electron chi connectivity index (χ0n) is 12.1. The Labute approximate surface area is 126 Å². The molecule has 2 aliphatic rings. The predicted octanol–water partition coefficient (Wildman–Crippen LogP) is 4.79. The molecular formula is C18H28Bi. The van der Waals surface area contributed by atoms with Crippen LogP contribution in [0.5, 0.6) is 0 Å². The van der Waals surface area contributed by atoms with Crippen molar-refractivity contribution in [1.82, 2.24) is 0 Å². The Balaban J connectivity index is 1.81. The van der Waals surface area contributed by atoms with Gasteiger partial charge in [0.15, 0.2) is 0 Å². The van der Waals surface area contributed by atoms with Gasteiger partial charge in [-0.3, -0.25) is 0 Å². The van der Waals surface area contributed by atoms with E-state index in [1.54, 1.807) is 25.7 Å². The second kappa shape index (κ2) is 7.21. The van der Waals surface area contributed by atoms with Gasteiger partial charge in [-0.15, -0.1) is 0 Å². The van der Waals surface area contributed by atoms with Crippen molar-refractivity contribution in [2.75, 3.05) is 0 Å². The SMILES string of the molecule is c1cc[c]([BiH]([CH]2CCCCC2)[CH]2CCCCC2)cc1. The van der Waals surface area contributed by atoms with Crippen molar-refractivity contribution in [2.45, 2.75) is 71.5 Å². The van der Waals surface area contributed by atoms with E-state index in [0.29, 0.717) is 0 Å². The van der Waals surface area contributed by atoms with Crippen molar-refractivity contribution in [3.8, 4) is 0 Å². The zero-order chi connectivity index (χ0) is 12.9. The molecule has 1 aromatic carbocycles. The number of hydrogen-bond acceptors (Lipinski definition) is 0. The number of benzene rings is 1. The summed E-state index contributed by atoms with van der Waals surface area (Å²) in [6.07, 6.45) is 15.4. The first-order valence-electron chi connectivity index (χ1n) is 8.37. The molecule has 2 saturated carbocycles. The van der Waals surface area contributed by atoms with E-state index in [9.17, 15) is 0 Å². The fraction of sp³-hybridized carbons (Fsp3) is 0.667. The third-order valence-electron chi connectivity index (χ3n) is 5.20. The van der Waals surface area contributed by atoms with Gasteiger partial charge in [-0.1, -0.05) is 0 Å². The van der Waals surface area contributed by atoms with E-state index in [1.807, 2.05) is 3.27 Å². The predicted molar refractivity (Wildman–Crippen MR) is 86.9 cm³/mol. The Hall–Kier alpha value is 0.103. The molecule has 0 nitrogen and oxygen atoms in total. The number of rotatable bonds is 3. The monoisotopic (exact) mass is 453 g/mol. The van der Waals surface area contributed by atoms with Gasteiger partial charge in [0.05, 0.1) is 0 Å². The van der Waals surface area contributed by atoms with Crippen molar-refractivity contribution in [3.63, 3.8) is 0 Å². The molecule has 1 radical (unpaired) electrons. The Bertz CT molecular complexity index is 343. The average molecular weight is 453 g/mol. The van der Waals surface area contributed by atoms with Crippen LogP contribution in [0.1, 0.15) is 64.2 Å². The second-order valence-electron chi connectivity index (χ2n) is 6.49. The van der Waals surface area contributed by atoms with Crippen LogP contribution in [0.2, 0.25) is 7.25 Å². The van der Waals surface area contributed by atoms with Crippen LogP contribution in [-0.2, 0) is 0 Å². The summed E-state index contributed by atoms with van der Waals surface area (Å²) in [5.74, 6) is 0. The topological polar surface area (TPSA) is 0 Å². The fourth-order valence-corrected chi connectivity index (χ4v) is 20.8. The second-order valence-corrected chi connectivity index (χ2v) is 18.6. The molecule has 0 N–H and O–H groups in total. The standard InChI is InChI=1S/2C6H11.C6H5.Bi.H/c3*1-2-4-6-5-3-1;;/h2*1H,2-6H2;1-5H;;. The van der Waals surface area contributed by atoms with E-state index >= 15 is 0 Å². The Kier molecular flexibility index (Phi) is 5.33. The summed E-state index contributed by atoms with van der Waals surface area (Å²) in [5.41, 5.74) is 0. The van der Waals surface area contributed by atoms with Crippen LogP contribution in [0.15, 0.2) is 30.3 Å². The van der Waals surface area contributed by atoms with E-state index < -0.39 is 21.8 Å². The van der Waals surface area contributed by atoms with Crippen LogP contribution in [-0.4, -0.2) is 21.8 Å². The van der Waals surface area contributed by atoms with E-state index in [-0.39, 0.29) is 0 Å². The molecule has 0 aromatic heterocycles. The van der Waals surface area contributed by atoms with Crippen LogP contribution >= 0.6 is 0 Å². The van der Waals surface area contributed by atoms with Gasteiger partial charge in [-0.2, -0.15) is 0 Å². The van der Waals surface area contributed by atoms with Crippen LogP contribution in [0.3, 0.4) is 0 Å². The van der Waals surface area contributed by atoms with Crippen LogP contribution < -0.4 is 3.27 Å². The van der Waals surface area contributed by atoms with Crippen molar-refractivity contribution >= 4 is 25.0 Å². The van der Waals surface area contributed by atoms with Gasteiger partial charge in [0, 0.05) is 0 Å². The summed E-state index contributed by atoms with van der Waals surface area (Å²) in [7, 11) is 0. The first kappa shape index (κ1) is 14.1. The summed E-state index contributed by atoms with van der Waals surface area (Å²) >= 11 is -1.62. The molecule has 2 aliphatic carbocycles. The summed E-state index contributed by atoms with van der Waals surface area (Å²) in [5, 5.41) is 0. The molecule has 1 aromatic rings. The minimum atomic E-state index is -1.62. The first-order chi connectivity index (χ1) is 9.45. The van der Waals surface area contributed by atoms with Crippen molar-refractivity contribution in [2.24, 2.45) is 0 Å². The molecule has 3 rings (SSSR count). The molecule has 0 saturated heterocycles. The summed E-state index contributed by atoms with van der Waals surface area (Å²) in [6.45, 7) is 0. The molecule has 0 aliphatic heterocycles. The van der Waals surface area contributed by atoms with Gasteiger partial charge < -0.3 is 0 Å². The quantitative estimate of drug-likeness (QED) is 0.578. The molecule has 0 atom stereocenters. The third kappa shape index (κ3) is 3.60. The Morgan fingerprint density at radius 3 is 1.58 bits per heavy atom. The first-order valence-corrected chi connectivity index (χ1v) is 14.8.